The first-order valence-corrected chi connectivity index (χ1v) is 6.70. The minimum absolute atomic E-state index is 0.0571. The number of carbonyl (C=O) groups is 1. The molecule has 0 radical (unpaired) electrons. The van der Waals surface area contributed by atoms with Crippen molar-refractivity contribution in [2.45, 2.75) is 19.7 Å². The first-order chi connectivity index (χ1) is 8.78. The van der Waals surface area contributed by atoms with E-state index in [1.165, 1.54) is 11.3 Å². The zero-order valence-corrected chi connectivity index (χ0v) is 10.6. The topological polar surface area (TPSA) is 58.4 Å². The van der Waals surface area contributed by atoms with Gasteiger partial charge in [-0.15, -0.1) is 0 Å². The SMILES string of the molecule is O=C(c1ccsc1)N1CCn2nc(CO)cc2C1. The van der Waals surface area contributed by atoms with E-state index in [-0.39, 0.29) is 12.5 Å². The molecule has 1 N–H and O–H groups in total. The fourth-order valence-electron chi connectivity index (χ4n) is 2.15. The summed E-state index contributed by atoms with van der Waals surface area (Å²) in [6.07, 6.45) is 0. The average Bonchev–Trinajstić information content (AvgIpc) is 3.05. The average molecular weight is 263 g/mol. The first kappa shape index (κ1) is 11.4. The van der Waals surface area contributed by atoms with Gasteiger partial charge in [-0.25, -0.2) is 0 Å². The van der Waals surface area contributed by atoms with Crippen molar-refractivity contribution >= 4 is 17.2 Å². The van der Waals surface area contributed by atoms with Gasteiger partial charge in [-0.05, 0) is 17.5 Å². The molecule has 94 valence electrons. The van der Waals surface area contributed by atoms with Crippen LogP contribution in [-0.2, 0) is 19.7 Å². The summed E-state index contributed by atoms with van der Waals surface area (Å²) in [5.74, 6) is 0.0641. The lowest BCUT2D eigenvalue weighted by Crippen LogP contribution is -2.38. The van der Waals surface area contributed by atoms with Gasteiger partial charge in [-0.1, -0.05) is 0 Å². The van der Waals surface area contributed by atoms with E-state index in [1.807, 2.05) is 32.5 Å². The Morgan fingerprint density at radius 2 is 2.39 bits per heavy atom. The first-order valence-electron chi connectivity index (χ1n) is 5.76. The second kappa shape index (κ2) is 4.55. The molecule has 6 heteroatoms. The highest BCUT2D eigenvalue weighted by molar-refractivity contribution is 7.08. The van der Waals surface area contributed by atoms with Crippen LogP contribution in [0.4, 0.5) is 0 Å². The standard InChI is InChI=1S/C12H13N3O2S/c16-7-10-5-11-6-14(2-3-15(11)13-10)12(17)9-1-4-18-8-9/h1,4-5,8,16H,2-3,6-7H2. The number of nitrogens with zero attached hydrogens (tertiary/aromatic N) is 3. The molecule has 0 unspecified atom stereocenters. The van der Waals surface area contributed by atoms with Gasteiger partial charge < -0.3 is 10.0 Å². The molecule has 3 rings (SSSR count). The van der Waals surface area contributed by atoms with Crippen molar-refractivity contribution in [2.75, 3.05) is 6.54 Å². The van der Waals surface area contributed by atoms with Crippen LogP contribution in [0.2, 0.25) is 0 Å². The van der Waals surface area contributed by atoms with Crippen LogP contribution < -0.4 is 0 Å². The van der Waals surface area contributed by atoms with Crippen LogP contribution in [0.3, 0.4) is 0 Å². The summed E-state index contributed by atoms with van der Waals surface area (Å²) in [5, 5.41) is 17.1. The molecule has 0 saturated carbocycles. The fourth-order valence-corrected chi connectivity index (χ4v) is 2.77. The van der Waals surface area contributed by atoms with Gasteiger partial charge in [0.05, 0.1) is 36.6 Å². The van der Waals surface area contributed by atoms with Crippen molar-refractivity contribution in [3.8, 4) is 0 Å². The van der Waals surface area contributed by atoms with Gasteiger partial charge in [0, 0.05) is 11.9 Å². The quantitative estimate of drug-likeness (QED) is 0.882. The van der Waals surface area contributed by atoms with Gasteiger partial charge in [0.2, 0.25) is 0 Å². The fraction of sp³-hybridized carbons (Fsp3) is 0.333. The van der Waals surface area contributed by atoms with Crippen LogP contribution in [0.25, 0.3) is 0 Å². The number of aromatic nitrogens is 2. The molecule has 2 aromatic heterocycles. The van der Waals surface area contributed by atoms with Gasteiger partial charge in [-0.3, -0.25) is 9.48 Å². The van der Waals surface area contributed by atoms with E-state index in [0.717, 1.165) is 11.3 Å². The third-order valence-corrected chi connectivity index (χ3v) is 3.75. The molecule has 0 aromatic carbocycles. The second-order valence-electron chi connectivity index (χ2n) is 4.25. The number of carbonyl (C=O) groups excluding carboxylic acids is 1. The molecule has 5 nitrogen and oxygen atoms in total. The summed E-state index contributed by atoms with van der Waals surface area (Å²) >= 11 is 1.53. The maximum atomic E-state index is 12.2. The van der Waals surface area contributed by atoms with Gasteiger partial charge in [0.15, 0.2) is 0 Å². The third kappa shape index (κ3) is 1.93. The van der Waals surface area contributed by atoms with Crippen LogP contribution in [0.1, 0.15) is 21.7 Å². The van der Waals surface area contributed by atoms with Gasteiger partial charge in [0.25, 0.3) is 5.91 Å². The smallest absolute Gasteiger partial charge is 0.255 e. The molecule has 1 aliphatic heterocycles. The molecule has 0 fully saturated rings. The number of fused-ring (bicyclic) bond motifs is 1. The van der Waals surface area contributed by atoms with E-state index in [1.54, 1.807) is 0 Å². The van der Waals surface area contributed by atoms with Crippen LogP contribution in [0.5, 0.6) is 0 Å². The monoisotopic (exact) mass is 263 g/mol. The van der Waals surface area contributed by atoms with Crippen molar-refractivity contribution < 1.29 is 9.90 Å². The van der Waals surface area contributed by atoms with E-state index < -0.39 is 0 Å². The lowest BCUT2D eigenvalue weighted by atomic mass is 10.2. The Kier molecular flexibility index (Phi) is 2.89. The minimum Gasteiger partial charge on any atom is -0.390 e. The predicted octanol–water partition coefficient (Wildman–Crippen LogP) is 1.09. The zero-order valence-electron chi connectivity index (χ0n) is 9.74. The summed E-state index contributed by atoms with van der Waals surface area (Å²) in [4.78, 5) is 14.0. The van der Waals surface area contributed by atoms with Crippen molar-refractivity contribution in [3.05, 3.63) is 39.8 Å². The van der Waals surface area contributed by atoms with E-state index in [4.69, 9.17) is 5.11 Å². The normalized spacial score (nSPS) is 14.6. The summed E-state index contributed by atoms with van der Waals surface area (Å²) < 4.78 is 1.86. The van der Waals surface area contributed by atoms with Gasteiger partial charge in [0.1, 0.15) is 0 Å². The lowest BCUT2D eigenvalue weighted by Gasteiger charge is -2.27. The zero-order chi connectivity index (χ0) is 12.5. The molecule has 3 heterocycles. The summed E-state index contributed by atoms with van der Waals surface area (Å²) in [6.45, 7) is 1.85. The summed E-state index contributed by atoms with van der Waals surface area (Å²) in [6, 6.07) is 3.70. The summed E-state index contributed by atoms with van der Waals surface area (Å²) in [7, 11) is 0. The molecule has 1 amide bonds. The van der Waals surface area contributed by atoms with Gasteiger partial charge >= 0.3 is 0 Å². The number of aliphatic hydroxyl groups is 1. The molecule has 1 aliphatic rings. The molecule has 2 aromatic rings. The maximum Gasteiger partial charge on any atom is 0.255 e. The van der Waals surface area contributed by atoms with Gasteiger partial charge in [-0.2, -0.15) is 16.4 Å². The Hall–Kier alpha value is -1.66. The Bertz CT molecular complexity index is 562. The van der Waals surface area contributed by atoms with E-state index >= 15 is 0 Å². The van der Waals surface area contributed by atoms with Crippen LogP contribution in [-0.4, -0.2) is 32.2 Å². The molecule has 18 heavy (non-hydrogen) atoms. The molecular weight excluding hydrogens is 250 g/mol. The minimum atomic E-state index is -0.0571. The largest absolute Gasteiger partial charge is 0.390 e. The molecule has 0 spiro atoms. The van der Waals surface area contributed by atoms with Crippen molar-refractivity contribution in [3.63, 3.8) is 0 Å². The van der Waals surface area contributed by atoms with Crippen LogP contribution in [0.15, 0.2) is 22.9 Å². The lowest BCUT2D eigenvalue weighted by molar-refractivity contribution is 0.0706. The molecule has 0 bridgehead atoms. The number of thiophene rings is 1. The van der Waals surface area contributed by atoms with Crippen LogP contribution in [0, 0.1) is 0 Å². The molecule has 0 atom stereocenters. The Morgan fingerprint density at radius 1 is 1.50 bits per heavy atom. The highest BCUT2D eigenvalue weighted by atomic mass is 32.1. The Labute approximate surface area is 108 Å². The van der Waals surface area contributed by atoms with Crippen molar-refractivity contribution in [2.24, 2.45) is 0 Å². The van der Waals surface area contributed by atoms with E-state index in [2.05, 4.69) is 5.10 Å². The highest BCUT2D eigenvalue weighted by Gasteiger charge is 2.23. The second-order valence-corrected chi connectivity index (χ2v) is 5.03. The van der Waals surface area contributed by atoms with E-state index in [9.17, 15) is 4.79 Å². The van der Waals surface area contributed by atoms with Crippen LogP contribution >= 0.6 is 11.3 Å². The number of amides is 1. The number of aliphatic hydroxyl groups excluding tert-OH is 1. The molecule has 0 saturated heterocycles. The Balaban J connectivity index is 1.80. The number of hydrogen-bond donors (Lipinski definition) is 1. The molecular formula is C12H13N3O2S. The third-order valence-electron chi connectivity index (χ3n) is 3.07. The van der Waals surface area contributed by atoms with E-state index in [0.29, 0.717) is 25.3 Å². The number of hydrogen-bond acceptors (Lipinski definition) is 4. The van der Waals surface area contributed by atoms with Crippen molar-refractivity contribution in [1.82, 2.24) is 14.7 Å². The number of rotatable bonds is 2. The highest BCUT2D eigenvalue weighted by Crippen LogP contribution is 2.17. The molecule has 0 aliphatic carbocycles. The maximum absolute atomic E-state index is 12.2. The Morgan fingerprint density at radius 3 is 3.11 bits per heavy atom. The van der Waals surface area contributed by atoms with Crippen molar-refractivity contribution in [1.29, 1.82) is 0 Å². The predicted molar refractivity (Wildman–Crippen MR) is 67.2 cm³/mol. The summed E-state index contributed by atoms with van der Waals surface area (Å²) in [5.41, 5.74) is 2.39.